The van der Waals surface area contributed by atoms with E-state index in [2.05, 4.69) is 33.9 Å². The summed E-state index contributed by atoms with van der Waals surface area (Å²) in [4.78, 5) is 23.2. The second kappa shape index (κ2) is 6.39. The smallest absolute Gasteiger partial charge is 0.305 e. The van der Waals surface area contributed by atoms with Gasteiger partial charge in [-0.15, -0.1) is 0 Å². The Kier molecular flexibility index (Phi) is 5.55. The van der Waals surface area contributed by atoms with Crippen LogP contribution in [0.4, 0.5) is 0 Å². The largest absolute Gasteiger partial charge is 0.469 e. The lowest BCUT2D eigenvalue weighted by Gasteiger charge is -2.42. The maximum atomic E-state index is 11.7. The summed E-state index contributed by atoms with van der Waals surface area (Å²) in [6.07, 6.45) is 2.02. The molecule has 1 saturated carbocycles. The highest BCUT2D eigenvalue weighted by Gasteiger charge is 2.42. The van der Waals surface area contributed by atoms with Crippen molar-refractivity contribution in [2.75, 3.05) is 7.11 Å². The van der Waals surface area contributed by atoms with Gasteiger partial charge in [-0.1, -0.05) is 20.8 Å². The van der Waals surface area contributed by atoms with E-state index in [9.17, 15) is 9.59 Å². The zero-order valence-electron chi connectivity index (χ0n) is 13.6. The molecule has 116 valence electrons. The monoisotopic (exact) mass is 300 g/mol. The third kappa shape index (κ3) is 4.41. The number of methoxy groups -OCH3 is 1. The van der Waals surface area contributed by atoms with E-state index in [1.54, 1.807) is 0 Å². The molecule has 0 amide bonds. The summed E-state index contributed by atoms with van der Waals surface area (Å²) >= 11 is 0. The molecule has 5 heteroatoms. The van der Waals surface area contributed by atoms with E-state index in [-0.39, 0.29) is 35.2 Å². The molecule has 4 nitrogen and oxygen atoms in total. The van der Waals surface area contributed by atoms with Crippen molar-refractivity contribution in [2.24, 2.45) is 5.92 Å². The Hall–Kier alpha value is -0.683. The maximum Gasteiger partial charge on any atom is 0.305 e. The molecule has 0 heterocycles. The molecule has 1 aliphatic carbocycles. The van der Waals surface area contributed by atoms with Crippen molar-refractivity contribution in [2.45, 2.75) is 70.7 Å². The summed E-state index contributed by atoms with van der Waals surface area (Å²) in [5, 5.41) is 0.129. The number of ketones is 1. The summed E-state index contributed by atoms with van der Waals surface area (Å²) in [6.45, 7) is 11.0. The summed E-state index contributed by atoms with van der Waals surface area (Å²) in [6, 6.07) is 0. The van der Waals surface area contributed by atoms with Crippen LogP contribution in [-0.2, 0) is 18.8 Å². The average molecular weight is 300 g/mol. The molecule has 1 rings (SSSR count). The first-order valence-electron chi connectivity index (χ1n) is 7.33. The first-order chi connectivity index (χ1) is 9.06. The fraction of sp³-hybridized carbons (Fsp3) is 0.867. The number of rotatable bonds is 4. The fourth-order valence-corrected chi connectivity index (χ4v) is 3.70. The molecule has 0 saturated heterocycles. The third-order valence-corrected chi connectivity index (χ3v) is 9.14. The van der Waals surface area contributed by atoms with Crippen LogP contribution in [0.25, 0.3) is 0 Å². The van der Waals surface area contributed by atoms with Crippen LogP contribution in [0.3, 0.4) is 0 Å². The van der Waals surface area contributed by atoms with Gasteiger partial charge in [0.1, 0.15) is 5.78 Å². The lowest BCUT2D eigenvalue weighted by Crippen LogP contribution is -2.47. The highest BCUT2D eigenvalue weighted by atomic mass is 28.4. The Balaban J connectivity index is 2.79. The van der Waals surface area contributed by atoms with Gasteiger partial charge in [0.2, 0.25) is 0 Å². The van der Waals surface area contributed by atoms with Crippen LogP contribution < -0.4 is 0 Å². The van der Waals surface area contributed by atoms with Gasteiger partial charge in [0, 0.05) is 24.9 Å². The third-order valence-electron chi connectivity index (χ3n) is 4.63. The molecule has 0 aromatic rings. The highest BCUT2D eigenvalue weighted by molar-refractivity contribution is 6.74. The van der Waals surface area contributed by atoms with Gasteiger partial charge in [0.05, 0.1) is 13.5 Å². The van der Waals surface area contributed by atoms with E-state index in [1.807, 2.05) is 0 Å². The predicted molar refractivity (Wildman–Crippen MR) is 81.1 cm³/mol. The van der Waals surface area contributed by atoms with Gasteiger partial charge in [-0.25, -0.2) is 0 Å². The van der Waals surface area contributed by atoms with Crippen molar-refractivity contribution in [3.63, 3.8) is 0 Å². The van der Waals surface area contributed by atoms with E-state index < -0.39 is 8.32 Å². The normalized spacial score (nSPS) is 24.6. The molecule has 2 atom stereocenters. The molecule has 0 spiro atoms. The predicted octanol–water partition coefficient (Wildman–Crippen LogP) is 3.31. The van der Waals surface area contributed by atoms with Crippen molar-refractivity contribution < 1.29 is 18.8 Å². The van der Waals surface area contributed by atoms with Gasteiger partial charge < -0.3 is 9.16 Å². The van der Waals surface area contributed by atoms with E-state index >= 15 is 0 Å². The summed E-state index contributed by atoms with van der Waals surface area (Å²) in [5.41, 5.74) is 0. The van der Waals surface area contributed by atoms with Crippen LogP contribution in [0.2, 0.25) is 18.1 Å². The number of ether oxygens (including phenoxy) is 1. The minimum Gasteiger partial charge on any atom is -0.469 e. The van der Waals surface area contributed by atoms with Crippen LogP contribution >= 0.6 is 0 Å². The molecule has 0 bridgehead atoms. The van der Waals surface area contributed by atoms with Gasteiger partial charge in [-0.05, 0) is 24.6 Å². The molecule has 0 radical (unpaired) electrons. The number of hydrogen-bond acceptors (Lipinski definition) is 4. The second-order valence-electron chi connectivity index (χ2n) is 7.24. The Morgan fingerprint density at radius 3 is 2.45 bits per heavy atom. The van der Waals surface area contributed by atoms with Gasteiger partial charge in [0.25, 0.3) is 0 Å². The number of esters is 1. The maximum absolute atomic E-state index is 11.7. The number of carbonyl (C=O) groups excluding carboxylic acids is 2. The summed E-state index contributed by atoms with van der Waals surface area (Å²) in [5.74, 6) is -0.0552. The standard InChI is InChI=1S/C15H28O4Si/c1-15(2,3)20(5,6)19-13-8-7-12(16)9-11(13)10-14(17)18-4/h11,13H,7-10H2,1-6H3/t11-,13-/m0/s1. The van der Waals surface area contributed by atoms with Crippen molar-refractivity contribution in [3.8, 4) is 0 Å². The van der Waals surface area contributed by atoms with Crippen LogP contribution in [0.15, 0.2) is 0 Å². The van der Waals surface area contributed by atoms with Gasteiger partial charge in [-0.2, -0.15) is 0 Å². The molecular weight excluding hydrogens is 272 g/mol. The van der Waals surface area contributed by atoms with Crippen molar-refractivity contribution in [1.29, 1.82) is 0 Å². The van der Waals surface area contributed by atoms with Crippen LogP contribution in [0.1, 0.15) is 46.5 Å². The zero-order chi connectivity index (χ0) is 15.6. The molecule has 0 unspecified atom stereocenters. The van der Waals surface area contributed by atoms with E-state index in [1.165, 1.54) is 7.11 Å². The van der Waals surface area contributed by atoms with Crippen LogP contribution in [0, 0.1) is 5.92 Å². The number of carbonyl (C=O) groups is 2. The molecule has 0 aromatic heterocycles. The Bertz CT molecular complexity index is 371. The van der Waals surface area contributed by atoms with Crippen molar-refractivity contribution in [3.05, 3.63) is 0 Å². The Labute approximate surface area is 123 Å². The first kappa shape index (κ1) is 17.4. The molecule has 0 aromatic carbocycles. The molecule has 1 aliphatic rings. The lowest BCUT2D eigenvalue weighted by molar-refractivity contribution is -0.143. The fourth-order valence-electron chi connectivity index (χ4n) is 2.28. The number of hydrogen-bond donors (Lipinski definition) is 0. The second-order valence-corrected chi connectivity index (χ2v) is 12.0. The van der Waals surface area contributed by atoms with Crippen LogP contribution in [0.5, 0.6) is 0 Å². The quantitative estimate of drug-likeness (QED) is 0.590. The first-order valence-corrected chi connectivity index (χ1v) is 10.2. The summed E-state index contributed by atoms with van der Waals surface area (Å²) < 4.78 is 11.2. The van der Waals surface area contributed by atoms with Crippen molar-refractivity contribution >= 4 is 20.1 Å². The minimum absolute atomic E-state index is 0.00712. The minimum atomic E-state index is -1.88. The molecule has 0 aliphatic heterocycles. The van der Waals surface area contributed by atoms with Crippen LogP contribution in [-0.4, -0.2) is 33.3 Å². The molecule has 1 fully saturated rings. The molecular formula is C15H28O4Si. The van der Waals surface area contributed by atoms with E-state index in [0.717, 1.165) is 6.42 Å². The van der Waals surface area contributed by atoms with E-state index in [4.69, 9.17) is 9.16 Å². The lowest BCUT2D eigenvalue weighted by atomic mass is 9.84. The molecule has 0 N–H and O–H groups in total. The van der Waals surface area contributed by atoms with Gasteiger partial charge in [-0.3, -0.25) is 9.59 Å². The van der Waals surface area contributed by atoms with Gasteiger partial charge >= 0.3 is 5.97 Å². The van der Waals surface area contributed by atoms with E-state index in [0.29, 0.717) is 12.8 Å². The number of Topliss-reactive ketones (excluding diaryl/α,β-unsaturated/α-hetero) is 1. The summed E-state index contributed by atoms with van der Waals surface area (Å²) in [7, 11) is -0.495. The Morgan fingerprint density at radius 1 is 1.35 bits per heavy atom. The van der Waals surface area contributed by atoms with Gasteiger partial charge in [0.15, 0.2) is 8.32 Å². The SMILES string of the molecule is COC(=O)C[C@@H]1CC(=O)CC[C@@H]1O[Si](C)(C)C(C)(C)C. The zero-order valence-corrected chi connectivity index (χ0v) is 14.6. The molecule has 20 heavy (non-hydrogen) atoms. The van der Waals surface area contributed by atoms with Crippen molar-refractivity contribution in [1.82, 2.24) is 0 Å². The highest BCUT2D eigenvalue weighted by Crippen LogP contribution is 2.40. The topological polar surface area (TPSA) is 52.6 Å². The average Bonchev–Trinajstić information content (AvgIpc) is 2.31. The Morgan fingerprint density at radius 2 is 1.95 bits per heavy atom.